The van der Waals surface area contributed by atoms with Crippen molar-refractivity contribution < 1.29 is 22.6 Å². The second-order valence-corrected chi connectivity index (χ2v) is 3.18. The van der Waals surface area contributed by atoms with Crippen LogP contribution in [0.2, 0.25) is 0 Å². The van der Waals surface area contributed by atoms with Gasteiger partial charge in [0.05, 0.1) is 12.6 Å². The fourth-order valence-electron chi connectivity index (χ4n) is 1.19. The topological polar surface area (TPSA) is 44.5 Å². The summed E-state index contributed by atoms with van der Waals surface area (Å²) in [5.41, 5.74) is 6.39. The lowest BCUT2D eigenvalue weighted by molar-refractivity contribution is -0.274. The molecule has 98 valence electrons. The number of ether oxygens (including phenoxy) is 2. The zero-order chi connectivity index (χ0) is 12.2. The lowest BCUT2D eigenvalue weighted by Gasteiger charge is -2.12. The van der Waals surface area contributed by atoms with E-state index < -0.39 is 6.36 Å². The van der Waals surface area contributed by atoms with Gasteiger partial charge < -0.3 is 15.2 Å². The molecule has 17 heavy (non-hydrogen) atoms. The molecule has 0 aliphatic rings. The van der Waals surface area contributed by atoms with Crippen LogP contribution in [0.4, 0.5) is 13.2 Å². The Morgan fingerprint density at radius 3 is 2.18 bits per heavy atom. The van der Waals surface area contributed by atoms with E-state index in [0.29, 0.717) is 12.2 Å². The minimum atomic E-state index is -4.67. The first kappa shape index (κ1) is 16.0. The van der Waals surface area contributed by atoms with Gasteiger partial charge >= 0.3 is 6.36 Å². The molecule has 0 heterocycles. The molecule has 1 aromatic rings. The Bertz CT molecular complexity index is 329. The second-order valence-electron chi connectivity index (χ2n) is 3.18. The van der Waals surface area contributed by atoms with Gasteiger partial charge in [0.15, 0.2) is 0 Å². The molecule has 0 saturated carbocycles. The fourth-order valence-corrected chi connectivity index (χ4v) is 1.19. The predicted molar refractivity (Wildman–Crippen MR) is 59.2 cm³/mol. The average molecular weight is 272 g/mol. The molecule has 1 aromatic carbocycles. The minimum Gasteiger partial charge on any atom is -0.406 e. The number of halogens is 4. The highest BCUT2D eigenvalue weighted by Gasteiger charge is 2.30. The van der Waals surface area contributed by atoms with Crippen LogP contribution in [0.25, 0.3) is 0 Å². The van der Waals surface area contributed by atoms with Gasteiger partial charge in [0.25, 0.3) is 0 Å². The third kappa shape index (κ3) is 5.76. The monoisotopic (exact) mass is 271 g/mol. The maximum Gasteiger partial charge on any atom is 0.573 e. The molecule has 0 aliphatic heterocycles. The van der Waals surface area contributed by atoms with Gasteiger partial charge in [-0.3, -0.25) is 0 Å². The van der Waals surface area contributed by atoms with Crippen LogP contribution >= 0.6 is 12.4 Å². The largest absolute Gasteiger partial charge is 0.573 e. The lowest BCUT2D eigenvalue weighted by Crippen LogP contribution is -2.18. The van der Waals surface area contributed by atoms with E-state index in [1.807, 2.05) is 0 Å². The van der Waals surface area contributed by atoms with Gasteiger partial charge in [0.1, 0.15) is 5.75 Å². The molecule has 7 heteroatoms. The standard InChI is InChI=1S/C10H12F3NO2.ClH/c1-15-6-9(14)7-2-4-8(5-3-7)16-10(11,12)13;/h2-5,9H,6,14H2,1H3;1H/t9-;/m1./s1. The first-order chi connectivity index (χ1) is 7.42. The lowest BCUT2D eigenvalue weighted by atomic mass is 10.1. The van der Waals surface area contributed by atoms with Crippen LogP contribution in [0.1, 0.15) is 11.6 Å². The summed E-state index contributed by atoms with van der Waals surface area (Å²) >= 11 is 0. The Balaban J connectivity index is 0.00000256. The van der Waals surface area contributed by atoms with Gasteiger partial charge in [-0.2, -0.15) is 0 Å². The summed E-state index contributed by atoms with van der Waals surface area (Å²) in [5.74, 6) is -0.263. The summed E-state index contributed by atoms with van der Waals surface area (Å²) in [4.78, 5) is 0. The van der Waals surface area contributed by atoms with E-state index >= 15 is 0 Å². The zero-order valence-electron chi connectivity index (χ0n) is 9.03. The van der Waals surface area contributed by atoms with Gasteiger partial charge in [-0.15, -0.1) is 25.6 Å². The molecule has 3 nitrogen and oxygen atoms in total. The second kappa shape index (κ2) is 6.68. The Morgan fingerprint density at radius 2 is 1.76 bits per heavy atom. The van der Waals surface area contributed by atoms with E-state index in [-0.39, 0.29) is 24.2 Å². The molecular formula is C10H13ClF3NO2. The molecule has 0 saturated heterocycles. The Kier molecular flexibility index (Phi) is 6.30. The number of methoxy groups -OCH3 is 1. The van der Waals surface area contributed by atoms with E-state index in [4.69, 9.17) is 10.5 Å². The van der Waals surface area contributed by atoms with Crippen LogP contribution in [-0.4, -0.2) is 20.1 Å². The van der Waals surface area contributed by atoms with Crippen LogP contribution in [0.15, 0.2) is 24.3 Å². The maximum absolute atomic E-state index is 11.9. The van der Waals surface area contributed by atoms with E-state index in [9.17, 15) is 13.2 Å². The first-order valence-corrected chi connectivity index (χ1v) is 4.52. The number of hydrogen-bond acceptors (Lipinski definition) is 3. The molecule has 0 amide bonds. The molecular weight excluding hydrogens is 259 g/mol. The number of benzene rings is 1. The van der Waals surface area contributed by atoms with E-state index in [2.05, 4.69) is 4.74 Å². The minimum absolute atomic E-state index is 0. The van der Waals surface area contributed by atoms with Crippen molar-refractivity contribution in [2.24, 2.45) is 5.73 Å². The predicted octanol–water partition coefficient (Wildman–Crippen LogP) is 2.65. The Morgan fingerprint density at radius 1 is 1.24 bits per heavy atom. The molecule has 2 N–H and O–H groups in total. The van der Waals surface area contributed by atoms with Crippen molar-refractivity contribution >= 4 is 12.4 Å². The third-order valence-corrected chi connectivity index (χ3v) is 1.89. The summed E-state index contributed by atoms with van der Waals surface area (Å²) in [6, 6.07) is 5.04. The smallest absolute Gasteiger partial charge is 0.406 e. The molecule has 0 unspecified atom stereocenters. The molecule has 1 atom stereocenters. The highest BCUT2D eigenvalue weighted by Crippen LogP contribution is 2.23. The number of rotatable bonds is 4. The van der Waals surface area contributed by atoms with Crippen molar-refractivity contribution in [2.45, 2.75) is 12.4 Å². The van der Waals surface area contributed by atoms with Crippen molar-refractivity contribution in [3.8, 4) is 5.75 Å². The Labute approximate surface area is 103 Å². The summed E-state index contributed by atoms with van der Waals surface area (Å²) in [6.45, 7) is 0.305. The zero-order valence-corrected chi connectivity index (χ0v) is 9.85. The van der Waals surface area contributed by atoms with Gasteiger partial charge in [0, 0.05) is 7.11 Å². The third-order valence-electron chi connectivity index (χ3n) is 1.89. The van der Waals surface area contributed by atoms with E-state index in [1.165, 1.54) is 31.4 Å². The van der Waals surface area contributed by atoms with Crippen LogP contribution < -0.4 is 10.5 Å². The fraction of sp³-hybridized carbons (Fsp3) is 0.400. The number of hydrogen-bond donors (Lipinski definition) is 1. The van der Waals surface area contributed by atoms with Crippen LogP contribution in [0.3, 0.4) is 0 Å². The van der Waals surface area contributed by atoms with Crippen molar-refractivity contribution in [3.63, 3.8) is 0 Å². The molecule has 0 fully saturated rings. The number of nitrogens with two attached hydrogens (primary N) is 1. The van der Waals surface area contributed by atoms with Crippen LogP contribution in [0, 0.1) is 0 Å². The SMILES string of the molecule is COC[C@@H](N)c1ccc(OC(F)(F)F)cc1.Cl. The highest BCUT2D eigenvalue weighted by molar-refractivity contribution is 5.85. The average Bonchev–Trinajstić information content (AvgIpc) is 2.16. The highest BCUT2D eigenvalue weighted by atomic mass is 35.5. The van der Waals surface area contributed by atoms with Gasteiger partial charge in [-0.1, -0.05) is 12.1 Å². The molecule has 0 bridgehead atoms. The molecule has 0 radical (unpaired) electrons. The molecule has 0 spiro atoms. The van der Waals surface area contributed by atoms with Crippen molar-refractivity contribution in [1.82, 2.24) is 0 Å². The maximum atomic E-state index is 11.9. The van der Waals surface area contributed by atoms with E-state index in [0.717, 1.165) is 0 Å². The van der Waals surface area contributed by atoms with Gasteiger partial charge in [0.2, 0.25) is 0 Å². The Hall–Kier alpha value is -0.980. The summed E-state index contributed by atoms with van der Waals surface area (Å²) in [6.07, 6.45) is -4.67. The van der Waals surface area contributed by atoms with Crippen LogP contribution in [0.5, 0.6) is 5.75 Å². The van der Waals surface area contributed by atoms with Crippen molar-refractivity contribution in [3.05, 3.63) is 29.8 Å². The van der Waals surface area contributed by atoms with Crippen molar-refractivity contribution in [2.75, 3.05) is 13.7 Å². The summed E-state index contributed by atoms with van der Waals surface area (Å²) in [7, 11) is 1.50. The van der Waals surface area contributed by atoms with E-state index in [1.54, 1.807) is 0 Å². The molecule has 0 aromatic heterocycles. The van der Waals surface area contributed by atoms with Crippen molar-refractivity contribution in [1.29, 1.82) is 0 Å². The normalized spacial score (nSPS) is 12.8. The molecule has 0 aliphatic carbocycles. The van der Waals surface area contributed by atoms with Crippen LogP contribution in [-0.2, 0) is 4.74 Å². The summed E-state index contributed by atoms with van der Waals surface area (Å²) < 4.78 is 44.1. The summed E-state index contributed by atoms with van der Waals surface area (Å²) in [5, 5.41) is 0. The number of alkyl halides is 3. The van der Waals surface area contributed by atoms with Gasteiger partial charge in [-0.05, 0) is 17.7 Å². The molecule has 1 rings (SSSR count). The van der Waals surface area contributed by atoms with Gasteiger partial charge in [-0.25, -0.2) is 0 Å². The quantitative estimate of drug-likeness (QED) is 0.916. The first-order valence-electron chi connectivity index (χ1n) is 4.52.